The van der Waals surface area contributed by atoms with Crippen LogP contribution in [0.2, 0.25) is 0 Å². The van der Waals surface area contributed by atoms with E-state index in [1.165, 1.54) is 11.8 Å². The SMILES string of the molecule is CCCNc1nc(OCCC)nc(SCCO)n1. The molecule has 0 fully saturated rings. The molecule has 0 aromatic carbocycles. The third kappa shape index (κ3) is 5.50. The van der Waals surface area contributed by atoms with Gasteiger partial charge in [0.05, 0.1) is 13.2 Å². The first-order valence-corrected chi connectivity index (χ1v) is 7.15. The van der Waals surface area contributed by atoms with Gasteiger partial charge in [-0.25, -0.2) is 0 Å². The highest BCUT2D eigenvalue weighted by atomic mass is 32.2. The van der Waals surface area contributed by atoms with Crippen molar-refractivity contribution < 1.29 is 9.84 Å². The third-order valence-corrected chi connectivity index (χ3v) is 2.71. The molecule has 6 nitrogen and oxygen atoms in total. The summed E-state index contributed by atoms with van der Waals surface area (Å²) in [4.78, 5) is 12.6. The zero-order valence-corrected chi connectivity index (χ0v) is 11.7. The summed E-state index contributed by atoms with van der Waals surface area (Å²) < 4.78 is 5.42. The minimum absolute atomic E-state index is 0.0965. The fourth-order valence-corrected chi connectivity index (χ4v) is 1.68. The van der Waals surface area contributed by atoms with Gasteiger partial charge in [0.15, 0.2) is 5.16 Å². The highest BCUT2D eigenvalue weighted by Crippen LogP contribution is 2.17. The number of anilines is 1. The van der Waals surface area contributed by atoms with Crippen molar-refractivity contribution in [1.82, 2.24) is 15.0 Å². The lowest BCUT2D eigenvalue weighted by molar-refractivity contribution is 0.288. The Morgan fingerprint density at radius 3 is 2.72 bits per heavy atom. The highest BCUT2D eigenvalue weighted by molar-refractivity contribution is 7.99. The average molecular weight is 272 g/mol. The number of aromatic nitrogens is 3. The summed E-state index contributed by atoms with van der Waals surface area (Å²) in [6.07, 6.45) is 1.90. The lowest BCUT2D eigenvalue weighted by Gasteiger charge is -2.08. The zero-order chi connectivity index (χ0) is 13.2. The molecule has 0 amide bonds. The van der Waals surface area contributed by atoms with E-state index in [1.807, 2.05) is 6.92 Å². The van der Waals surface area contributed by atoms with Crippen LogP contribution in [0.5, 0.6) is 6.01 Å². The number of nitrogens with zero attached hydrogens (tertiary/aromatic N) is 3. The summed E-state index contributed by atoms with van der Waals surface area (Å²) in [6.45, 7) is 5.59. The van der Waals surface area contributed by atoms with Crippen molar-refractivity contribution in [2.24, 2.45) is 0 Å². The number of rotatable bonds is 9. The number of aliphatic hydroxyl groups excluding tert-OH is 1. The molecular weight excluding hydrogens is 252 g/mol. The summed E-state index contributed by atoms with van der Waals surface area (Å²) in [5.74, 6) is 1.09. The molecular formula is C11H20N4O2S. The molecule has 0 aliphatic carbocycles. The summed E-state index contributed by atoms with van der Waals surface area (Å²) >= 11 is 1.38. The van der Waals surface area contributed by atoms with Gasteiger partial charge in [-0.05, 0) is 12.8 Å². The van der Waals surface area contributed by atoms with E-state index in [0.29, 0.717) is 29.5 Å². The van der Waals surface area contributed by atoms with Gasteiger partial charge < -0.3 is 15.2 Å². The van der Waals surface area contributed by atoms with Crippen LogP contribution in [0.4, 0.5) is 5.95 Å². The van der Waals surface area contributed by atoms with Crippen LogP contribution in [0.1, 0.15) is 26.7 Å². The van der Waals surface area contributed by atoms with Crippen molar-refractivity contribution in [3.8, 4) is 6.01 Å². The molecule has 0 radical (unpaired) electrons. The Labute approximate surface area is 112 Å². The normalized spacial score (nSPS) is 10.4. The number of hydrogen-bond acceptors (Lipinski definition) is 7. The van der Waals surface area contributed by atoms with Crippen LogP contribution in [0.25, 0.3) is 0 Å². The molecule has 0 spiro atoms. The van der Waals surface area contributed by atoms with E-state index < -0.39 is 0 Å². The lowest BCUT2D eigenvalue weighted by atomic mass is 10.5. The van der Waals surface area contributed by atoms with E-state index in [1.54, 1.807) is 0 Å². The standard InChI is InChI=1S/C11H20N4O2S/c1-3-5-12-9-13-10(17-7-4-2)15-11(14-9)18-8-6-16/h16H,3-8H2,1-2H3,(H,12,13,14,15). The van der Waals surface area contributed by atoms with Crippen LogP contribution in [0.15, 0.2) is 5.16 Å². The van der Waals surface area contributed by atoms with Gasteiger partial charge in [0.25, 0.3) is 0 Å². The second kappa shape index (κ2) is 8.93. The maximum atomic E-state index is 8.81. The van der Waals surface area contributed by atoms with Crippen molar-refractivity contribution in [2.45, 2.75) is 31.8 Å². The van der Waals surface area contributed by atoms with E-state index in [4.69, 9.17) is 9.84 Å². The summed E-state index contributed by atoms with van der Waals surface area (Å²) in [6, 6.07) is 0.339. The smallest absolute Gasteiger partial charge is 0.322 e. The Bertz CT molecular complexity index is 287. The molecule has 0 bridgehead atoms. The first-order chi connectivity index (χ1) is 8.80. The van der Waals surface area contributed by atoms with Gasteiger partial charge in [-0.3, -0.25) is 0 Å². The molecule has 0 aliphatic heterocycles. The summed E-state index contributed by atoms with van der Waals surface area (Å²) in [5, 5.41) is 12.5. The predicted octanol–water partition coefficient (Wildman–Crippen LogP) is 1.57. The first kappa shape index (κ1) is 15.0. The quantitative estimate of drug-likeness (QED) is 0.660. The molecule has 102 valence electrons. The van der Waals surface area contributed by atoms with E-state index >= 15 is 0 Å². The number of hydrogen-bond donors (Lipinski definition) is 2. The van der Waals surface area contributed by atoms with Crippen molar-refractivity contribution in [3.05, 3.63) is 0 Å². The molecule has 0 saturated heterocycles. The van der Waals surface area contributed by atoms with Gasteiger partial charge in [0, 0.05) is 12.3 Å². The second-order valence-electron chi connectivity index (χ2n) is 3.57. The molecule has 0 aliphatic rings. The Morgan fingerprint density at radius 1 is 1.22 bits per heavy atom. The molecule has 2 N–H and O–H groups in total. The molecule has 0 unspecified atom stereocenters. The van der Waals surface area contributed by atoms with Crippen LogP contribution in [0.3, 0.4) is 0 Å². The monoisotopic (exact) mass is 272 g/mol. The van der Waals surface area contributed by atoms with E-state index in [0.717, 1.165) is 19.4 Å². The molecule has 1 aromatic rings. The number of nitrogens with one attached hydrogen (secondary N) is 1. The minimum atomic E-state index is 0.0965. The van der Waals surface area contributed by atoms with Crippen LogP contribution >= 0.6 is 11.8 Å². The van der Waals surface area contributed by atoms with Gasteiger partial charge in [0.2, 0.25) is 5.95 Å². The summed E-state index contributed by atoms with van der Waals surface area (Å²) in [5.41, 5.74) is 0. The lowest BCUT2D eigenvalue weighted by Crippen LogP contribution is -2.09. The van der Waals surface area contributed by atoms with Crippen LogP contribution in [-0.4, -0.2) is 45.6 Å². The van der Waals surface area contributed by atoms with Gasteiger partial charge in [-0.2, -0.15) is 15.0 Å². The topological polar surface area (TPSA) is 80.2 Å². The average Bonchev–Trinajstić information content (AvgIpc) is 2.40. The minimum Gasteiger partial charge on any atom is -0.463 e. The Hall–Kier alpha value is -1.08. The number of aliphatic hydroxyl groups is 1. The van der Waals surface area contributed by atoms with Crippen molar-refractivity contribution in [1.29, 1.82) is 0 Å². The zero-order valence-electron chi connectivity index (χ0n) is 10.8. The first-order valence-electron chi connectivity index (χ1n) is 6.16. The number of ether oxygens (including phenoxy) is 1. The van der Waals surface area contributed by atoms with Crippen molar-refractivity contribution >= 4 is 17.7 Å². The fraction of sp³-hybridized carbons (Fsp3) is 0.727. The molecule has 1 rings (SSSR count). The molecule has 7 heteroatoms. The van der Waals surface area contributed by atoms with Crippen molar-refractivity contribution in [3.63, 3.8) is 0 Å². The van der Waals surface area contributed by atoms with Gasteiger partial charge in [-0.1, -0.05) is 25.6 Å². The Kier molecular flexibility index (Phi) is 7.43. The fourth-order valence-electron chi connectivity index (χ4n) is 1.11. The Balaban J connectivity index is 2.74. The highest BCUT2D eigenvalue weighted by Gasteiger charge is 2.07. The molecule has 0 saturated carbocycles. The van der Waals surface area contributed by atoms with Crippen LogP contribution in [-0.2, 0) is 0 Å². The second-order valence-corrected chi connectivity index (χ2v) is 4.63. The van der Waals surface area contributed by atoms with Crippen LogP contribution < -0.4 is 10.1 Å². The summed E-state index contributed by atoms with van der Waals surface area (Å²) in [7, 11) is 0. The van der Waals surface area contributed by atoms with Gasteiger partial charge in [0.1, 0.15) is 0 Å². The maximum absolute atomic E-state index is 8.81. The molecule has 1 heterocycles. The van der Waals surface area contributed by atoms with E-state index in [-0.39, 0.29) is 6.61 Å². The van der Waals surface area contributed by atoms with Gasteiger partial charge >= 0.3 is 6.01 Å². The Morgan fingerprint density at radius 2 is 2.06 bits per heavy atom. The molecule has 1 aromatic heterocycles. The van der Waals surface area contributed by atoms with E-state index in [9.17, 15) is 0 Å². The number of thioether (sulfide) groups is 1. The predicted molar refractivity (Wildman–Crippen MR) is 72.2 cm³/mol. The maximum Gasteiger partial charge on any atom is 0.322 e. The van der Waals surface area contributed by atoms with Crippen LogP contribution in [0, 0.1) is 0 Å². The van der Waals surface area contributed by atoms with Gasteiger partial charge in [-0.15, -0.1) is 0 Å². The van der Waals surface area contributed by atoms with Crippen molar-refractivity contribution in [2.75, 3.05) is 30.8 Å². The largest absolute Gasteiger partial charge is 0.463 e. The molecule has 18 heavy (non-hydrogen) atoms. The molecule has 0 atom stereocenters. The van der Waals surface area contributed by atoms with E-state index in [2.05, 4.69) is 27.2 Å². The third-order valence-electron chi connectivity index (χ3n) is 1.89.